The van der Waals surface area contributed by atoms with Gasteiger partial charge in [0.1, 0.15) is 23.1 Å². The first-order chi connectivity index (χ1) is 11.4. The van der Waals surface area contributed by atoms with Gasteiger partial charge in [-0.05, 0) is 37.1 Å². The quantitative estimate of drug-likeness (QED) is 0.737. The van der Waals surface area contributed by atoms with Crippen LogP contribution in [0.5, 0.6) is 0 Å². The maximum Gasteiger partial charge on any atom is 0.310 e. The summed E-state index contributed by atoms with van der Waals surface area (Å²) in [6.07, 6.45) is 0.0317. The van der Waals surface area contributed by atoms with E-state index in [9.17, 15) is 14.0 Å². The molecule has 2 aromatic heterocycles. The molecule has 0 unspecified atom stereocenters. The number of H-pyrrole nitrogens is 1. The van der Waals surface area contributed by atoms with Crippen molar-refractivity contribution in [3.8, 4) is 0 Å². The number of carbonyl (C=O) groups is 1. The largest absolute Gasteiger partial charge is 0.457 e. The van der Waals surface area contributed by atoms with Gasteiger partial charge in [0.2, 0.25) is 0 Å². The molecule has 0 aliphatic carbocycles. The molecule has 24 heavy (non-hydrogen) atoms. The predicted molar refractivity (Wildman–Crippen MR) is 89.6 cm³/mol. The smallest absolute Gasteiger partial charge is 0.310 e. The summed E-state index contributed by atoms with van der Waals surface area (Å²) in [4.78, 5) is 32.6. The molecule has 5 nitrogen and oxygen atoms in total. The molecule has 0 spiro atoms. The van der Waals surface area contributed by atoms with E-state index < -0.39 is 5.97 Å². The number of carbonyl (C=O) groups excluding carboxylic acids is 1. The molecule has 0 atom stereocenters. The zero-order chi connectivity index (χ0) is 17.3. The highest BCUT2D eigenvalue weighted by molar-refractivity contribution is 7.18. The van der Waals surface area contributed by atoms with E-state index in [1.807, 2.05) is 13.8 Å². The molecule has 7 heteroatoms. The maximum atomic E-state index is 12.8. The number of thiophene rings is 1. The molecule has 0 aliphatic rings. The number of hydrogen-bond donors (Lipinski definition) is 1. The third-order valence-electron chi connectivity index (χ3n) is 3.72. The molecule has 0 aliphatic heterocycles. The lowest BCUT2D eigenvalue weighted by Crippen LogP contribution is -2.15. The fourth-order valence-corrected chi connectivity index (χ4v) is 3.39. The van der Waals surface area contributed by atoms with Gasteiger partial charge in [0.05, 0.1) is 11.8 Å². The molecule has 3 aromatic rings. The van der Waals surface area contributed by atoms with Gasteiger partial charge in [-0.25, -0.2) is 9.37 Å². The monoisotopic (exact) mass is 346 g/mol. The Bertz CT molecular complexity index is 960. The lowest BCUT2D eigenvalue weighted by molar-refractivity contribution is -0.144. The summed E-state index contributed by atoms with van der Waals surface area (Å²) in [7, 11) is 0. The minimum Gasteiger partial charge on any atom is -0.457 e. The van der Waals surface area contributed by atoms with Crippen LogP contribution in [-0.4, -0.2) is 15.9 Å². The average molecular weight is 346 g/mol. The number of aromatic nitrogens is 2. The van der Waals surface area contributed by atoms with E-state index >= 15 is 0 Å². The van der Waals surface area contributed by atoms with Crippen LogP contribution in [0.2, 0.25) is 0 Å². The van der Waals surface area contributed by atoms with Crippen molar-refractivity contribution >= 4 is 27.5 Å². The van der Waals surface area contributed by atoms with E-state index in [4.69, 9.17) is 4.74 Å². The van der Waals surface area contributed by atoms with Crippen molar-refractivity contribution < 1.29 is 13.9 Å². The van der Waals surface area contributed by atoms with E-state index in [2.05, 4.69) is 9.97 Å². The van der Waals surface area contributed by atoms with Gasteiger partial charge in [-0.2, -0.15) is 0 Å². The summed E-state index contributed by atoms with van der Waals surface area (Å²) in [6, 6.07) is 5.63. The Morgan fingerprint density at radius 2 is 2.00 bits per heavy atom. The van der Waals surface area contributed by atoms with Crippen molar-refractivity contribution in [3.63, 3.8) is 0 Å². The standard InChI is InChI=1S/C17H15FN2O3S/c1-9-10(2)24-17-15(9)16(22)19-13(20-17)8-23-14(21)7-11-3-5-12(18)6-4-11/h3-6H,7-8H2,1-2H3,(H,19,20,22). The minimum atomic E-state index is -0.470. The second kappa shape index (κ2) is 6.52. The van der Waals surface area contributed by atoms with Gasteiger partial charge in [0, 0.05) is 4.88 Å². The summed E-state index contributed by atoms with van der Waals surface area (Å²) in [5.74, 6) is -0.521. The van der Waals surface area contributed by atoms with Crippen molar-refractivity contribution in [1.29, 1.82) is 0 Å². The Morgan fingerprint density at radius 1 is 1.29 bits per heavy atom. The number of hydrogen-bond acceptors (Lipinski definition) is 5. The second-order valence-electron chi connectivity index (χ2n) is 5.44. The number of rotatable bonds is 4. The van der Waals surface area contributed by atoms with Crippen molar-refractivity contribution in [2.75, 3.05) is 0 Å². The van der Waals surface area contributed by atoms with Gasteiger partial charge in [-0.1, -0.05) is 12.1 Å². The highest BCUT2D eigenvalue weighted by Crippen LogP contribution is 2.25. The van der Waals surface area contributed by atoms with E-state index in [0.29, 0.717) is 21.6 Å². The van der Waals surface area contributed by atoms with Crippen LogP contribution in [0.1, 0.15) is 21.8 Å². The van der Waals surface area contributed by atoms with Crippen LogP contribution in [-0.2, 0) is 22.6 Å². The molecule has 0 saturated carbocycles. The third-order valence-corrected chi connectivity index (χ3v) is 4.82. The Balaban J connectivity index is 1.70. The molecule has 0 bridgehead atoms. The number of aryl methyl sites for hydroxylation is 2. The first-order valence-corrected chi connectivity index (χ1v) is 8.14. The Hall–Kier alpha value is -2.54. The van der Waals surface area contributed by atoms with Crippen LogP contribution >= 0.6 is 11.3 Å². The Morgan fingerprint density at radius 3 is 2.71 bits per heavy atom. The first-order valence-electron chi connectivity index (χ1n) is 7.33. The number of aromatic amines is 1. The molecule has 1 N–H and O–H groups in total. The van der Waals surface area contributed by atoms with Crippen molar-refractivity contribution in [3.05, 3.63) is 62.3 Å². The first kappa shape index (κ1) is 16.3. The van der Waals surface area contributed by atoms with Gasteiger partial charge in [-0.15, -0.1) is 11.3 Å². The summed E-state index contributed by atoms with van der Waals surface area (Å²) >= 11 is 1.44. The molecule has 3 rings (SSSR count). The maximum absolute atomic E-state index is 12.8. The molecular formula is C17H15FN2O3S. The van der Waals surface area contributed by atoms with E-state index in [-0.39, 0.29) is 24.4 Å². The van der Waals surface area contributed by atoms with Crippen molar-refractivity contribution in [1.82, 2.24) is 9.97 Å². The summed E-state index contributed by atoms with van der Waals surface area (Å²) < 4.78 is 18.0. The van der Waals surface area contributed by atoms with Crippen molar-refractivity contribution in [2.24, 2.45) is 0 Å². The third kappa shape index (κ3) is 3.35. The molecule has 1 aromatic carbocycles. The van der Waals surface area contributed by atoms with Gasteiger partial charge in [0.25, 0.3) is 5.56 Å². The fourth-order valence-electron chi connectivity index (χ4n) is 2.34. The molecule has 2 heterocycles. The molecule has 0 amide bonds. The van der Waals surface area contributed by atoms with Gasteiger partial charge in [-0.3, -0.25) is 9.59 Å². The van der Waals surface area contributed by atoms with E-state index in [1.54, 1.807) is 0 Å². The average Bonchev–Trinajstić information content (AvgIpc) is 2.82. The second-order valence-corrected chi connectivity index (χ2v) is 6.64. The zero-order valence-electron chi connectivity index (χ0n) is 13.2. The topological polar surface area (TPSA) is 72.0 Å². The fraction of sp³-hybridized carbons (Fsp3) is 0.235. The van der Waals surface area contributed by atoms with Gasteiger partial charge in [0.15, 0.2) is 0 Å². The van der Waals surface area contributed by atoms with E-state index in [1.165, 1.54) is 35.6 Å². The molecular weight excluding hydrogens is 331 g/mol. The SMILES string of the molecule is Cc1sc2nc(COC(=O)Cc3ccc(F)cc3)[nH]c(=O)c2c1C. The Kier molecular flexibility index (Phi) is 4.44. The molecule has 0 fully saturated rings. The normalized spacial score (nSPS) is 11.0. The van der Waals surface area contributed by atoms with Crippen LogP contribution in [0.15, 0.2) is 29.1 Å². The van der Waals surface area contributed by atoms with Crippen LogP contribution in [0, 0.1) is 19.7 Å². The number of nitrogens with zero attached hydrogens (tertiary/aromatic N) is 1. The summed E-state index contributed by atoms with van der Waals surface area (Å²) in [5.41, 5.74) is 1.35. The highest BCUT2D eigenvalue weighted by Gasteiger charge is 2.13. The van der Waals surface area contributed by atoms with Crippen LogP contribution < -0.4 is 5.56 Å². The number of fused-ring (bicyclic) bond motifs is 1. The number of nitrogens with one attached hydrogen (secondary N) is 1. The zero-order valence-corrected chi connectivity index (χ0v) is 14.0. The summed E-state index contributed by atoms with van der Waals surface area (Å²) in [6.45, 7) is 3.71. The van der Waals surface area contributed by atoms with Gasteiger partial charge >= 0.3 is 5.97 Å². The van der Waals surface area contributed by atoms with Crippen LogP contribution in [0.4, 0.5) is 4.39 Å². The molecule has 0 saturated heterocycles. The lowest BCUT2D eigenvalue weighted by Gasteiger charge is -2.05. The highest BCUT2D eigenvalue weighted by atomic mass is 32.1. The lowest BCUT2D eigenvalue weighted by atomic mass is 10.1. The summed E-state index contributed by atoms with van der Waals surface area (Å²) in [5, 5.41) is 0.582. The molecule has 0 radical (unpaired) electrons. The number of halogens is 1. The minimum absolute atomic E-state index is 0.0317. The number of ether oxygens (including phenoxy) is 1. The van der Waals surface area contributed by atoms with Crippen LogP contribution in [0.25, 0.3) is 10.2 Å². The number of benzene rings is 1. The van der Waals surface area contributed by atoms with Crippen molar-refractivity contribution in [2.45, 2.75) is 26.9 Å². The molecule has 124 valence electrons. The number of esters is 1. The van der Waals surface area contributed by atoms with Crippen LogP contribution in [0.3, 0.4) is 0 Å². The Labute approximate surface area is 141 Å². The van der Waals surface area contributed by atoms with E-state index in [0.717, 1.165) is 10.4 Å². The van der Waals surface area contributed by atoms with Gasteiger partial charge < -0.3 is 9.72 Å². The predicted octanol–water partition coefficient (Wildman–Crippen LogP) is 3.03.